The molecule has 1 amide bonds. The van der Waals surface area contributed by atoms with E-state index in [9.17, 15) is 14.9 Å². The monoisotopic (exact) mass is 404 g/mol. The highest BCUT2D eigenvalue weighted by Gasteiger charge is 2.15. The molecule has 3 aromatic rings. The lowest BCUT2D eigenvalue weighted by Crippen LogP contribution is -2.12. The van der Waals surface area contributed by atoms with Crippen LogP contribution in [0.1, 0.15) is 21.6 Å². The molecule has 2 aromatic carbocycles. The number of anilines is 1. The number of nitrogens with one attached hydrogen (secondary N) is 1. The van der Waals surface area contributed by atoms with Crippen LogP contribution in [0.2, 0.25) is 10.0 Å². The molecule has 0 spiro atoms. The van der Waals surface area contributed by atoms with Crippen molar-refractivity contribution in [2.45, 2.75) is 13.5 Å². The van der Waals surface area contributed by atoms with Crippen LogP contribution in [0.25, 0.3) is 0 Å². The van der Waals surface area contributed by atoms with Gasteiger partial charge in [0, 0.05) is 10.6 Å². The number of aromatic nitrogens is 2. The third-order valence-corrected chi connectivity index (χ3v) is 4.45. The van der Waals surface area contributed by atoms with Crippen molar-refractivity contribution in [2.75, 3.05) is 5.32 Å². The fourth-order valence-electron chi connectivity index (χ4n) is 2.46. The number of hydrogen-bond acceptors (Lipinski definition) is 4. The maximum Gasteiger partial charge on any atom is 0.390 e. The molecular weight excluding hydrogens is 391 g/mol. The second-order valence-corrected chi connectivity index (χ2v) is 6.68. The topological polar surface area (TPSA) is 90.1 Å². The molecule has 0 radical (unpaired) electrons. The summed E-state index contributed by atoms with van der Waals surface area (Å²) in [6.45, 7) is 2.11. The summed E-state index contributed by atoms with van der Waals surface area (Å²) >= 11 is 12.0. The lowest BCUT2D eigenvalue weighted by atomic mass is 10.1. The zero-order valence-electron chi connectivity index (χ0n) is 14.1. The number of hydrogen-bond donors (Lipinski definition) is 1. The van der Waals surface area contributed by atoms with Gasteiger partial charge in [-0.3, -0.25) is 4.79 Å². The Morgan fingerprint density at radius 1 is 1.19 bits per heavy atom. The van der Waals surface area contributed by atoms with Crippen LogP contribution in [-0.4, -0.2) is 20.6 Å². The van der Waals surface area contributed by atoms with Crippen LogP contribution < -0.4 is 5.32 Å². The van der Waals surface area contributed by atoms with Crippen LogP contribution in [0.4, 0.5) is 11.5 Å². The molecular formula is C18H14Cl2N4O3. The van der Waals surface area contributed by atoms with Crippen molar-refractivity contribution in [2.24, 2.45) is 0 Å². The SMILES string of the molecule is Cc1cc([N+](=O)[O-])nn1Cc1ccc(C(=O)Nc2cc(Cl)ccc2Cl)cc1. The predicted molar refractivity (Wildman–Crippen MR) is 104 cm³/mol. The van der Waals surface area contributed by atoms with Gasteiger partial charge in [-0.25, -0.2) is 0 Å². The van der Waals surface area contributed by atoms with E-state index >= 15 is 0 Å². The Hall–Kier alpha value is -2.90. The van der Waals surface area contributed by atoms with Crippen molar-refractivity contribution >= 4 is 40.6 Å². The highest BCUT2D eigenvalue weighted by Crippen LogP contribution is 2.26. The second kappa shape index (κ2) is 7.77. The smallest absolute Gasteiger partial charge is 0.358 e. The Labute approximate surface area is 164 Å². The van der Waals surface area contributed by atoms with Crippen molar-refractivity contribution in [3.05, 3.63) is 85.5 Å². The van der Waals surface area contributed by atoms with Crippen LogP contribution in [0, 0.1) is 17.0 Å². The van der Waals surface area contributed by atoms with E-state index in [0.29, 0.717) is 33.5 Å². The lowest BCUT2D eigenvalue weighted by Gasteiger charge is -2.08. The molecule has 0 unspecified atom stereocenters. The first-order valence-electron chi connectivity index (χ1n) is 7.87. The molecule has 1 N–H and O–H groups in total. The average molecular weight is 405 g/mol. The molecule has 0 saturated carbocycles. The third-order valence-electron chi connectivity index (χ3n) is 3.88. The number of halogens is 2. The van der Waals surface area contributed by atoms with Crippen molar-refractivity contribution in [3.8, 4) is 0 Å². The van der Waals surface area contributed by atoms with Gasteiger partial charge >= 0.3 is 5.82 Å². The van der Waals surface area contributed by atoms with Crippen LogP contribution >= 0.6 is 23.2 Å². The number of nitro groups is 1. The summed E-state index contributed by atoms with van der Waals surface area (Å²) in [5, 5.41) is 18.3. The largest absolute Gasteiger partial charge is 0.390 e. The second-order valence-electron chi connectivity index (χ2n) is 5.83. The van der Waals surface area contributed by atoms with Crippen LogP contribution in [0.15, 0.2) is 48.5 Å². The highest BCUT2D eigenvalue weighted by molar-refractivity contribution is 6.35. The minimum Gasteiger partial charge on any atom is -0.358 e. The van der Waals surface area contributed by atoms with Gasteiger partial charge in [0.1, 0.15) is 0 Å². The van der Waals surface area contributed by atoms with Crippen LogP contribution in [-0.2, 0) is 6.54 Å². The summed E-state index contributed by atoms with van der Waals surface area (Å²) in [6, 6.07) is 13.1. The van der Waals surface area contributed by atoms with Crippen LogP contribution in [0.3, 0.4) is 0 Å². The molecule has 0 aliphatic heterocycles. The fraction of sp³-hybridized carbons (Fsp3) is 0.111. The summed E-state index contributed by atoms with van der Waals surface area (Å²) in [5.74, 6) is -0.515. The molecule has 0 aliphatic carbocycles. The molecule has 1 aromatic heterocycles. The van der Waals surface area contributed by atoms with E-state index < -0.39 is 4.92 Å². The lowest BCUT2D eigenvalue weighted by molar-refractivity contribution is -0.389. The van der Waals surface area contributed by atoms with E-state index in [0.717, 1.165) is 5.56 Å². The van der Waals surface area contributed by atoms with E-state index in [4.69, 9.17) is 23.2 Å². The molecule has 0 fully saturated rings. The zero-order valence-corrected chi connectivity index (χ0v) is 15.7. The Kier molecular flexibility index (Phi) is 5.43. The van der Waals surface area contributed by atoms with Gasteiger partial charge in [-0.15, -0.1) is 0 Å². The van der Waals surface area contributed by atoms with Gasteiger partial charge in [-0.1, -0.05) is 35.3 Å². The molecule has 138 valence electrons. The fourth-order valence-corrected chi connectivity index (χ4v) is 2.80. The summed E-state index contributed by atoms with van der Waals surface area (Å²) in [5.41, 5.74) is 2.41. The Morgan fingerprint density at radius 3 is 2.52 bits per heavy atom. The minimum atomic E-state index is -0.530. The number of amides is 1. The van der Waals surface area contributed by atoms with Gasteiger partial charge in [-0.05, 0) is 47.7 Å². The molecule has 3 rings (SSSR count). The first kappa shape index (κ1) is 18.9. The van der Waals surface area contributed by atoms with Crippen molar-refractivity contribution in [1.29, 1.82) is 0 Å². The van der Waals surface area contributed by atoms with Gasteiger partial charge in [0.15, 0.2) is 0 Å². The van der Waals surface area contributed by atoms with Gasteiger partial charge in [0.25, 0.3) is 5.91 Å². The molecule has 1 heterocycles. The molecule has 0 aliphatic rings. The highest BCUT2D eigenvalue weighted by atomic mass is 35.5. The molecule has 0 saturated heterocycles. The minimum absolute atomic E-state index is 0.193. The third kappa shape index (κ3) is 4.45. The summed E-state index contributed by atoms with van der Waals surface area (Å²) in [7, 11) is 0. The molecule has 0 bridgehead atoms. The van der Waals surface area contributed by atoms with Crippen molar-refractivity contribution in [3.63, 3.8) is 0 Å². The number of rotatable bonds is 5. The van der Waals surface area contributed by atoms with Crippen molar-refractivity contribution < 1.29 is 9.72 Å². The number of carbonyl (C=O) groups is 1. The molecule has 9 heteroatoms. The van der Waals surface area contributed by atoms with Crippen LogP contribution in [0.5, 0.6) is 0 Å². The quantitative estimate of drug-likeness (QED) is 0.492. The maximum atomic E-state index is 12.4. The van der Waals surface area contributed by atoms with Gasteiger partial charge < -0.3 is 15.4 Å². The maximum absolute atomic E-state index is 12.4. The van der Waals surface area contributed by atoms with E-state index in [-0.39, 0.29) is 11.7 Å². The van der Waals surface area contributed by atoms with E-state index in [2.05, 4.69) is 10.4 Å². The Bertz CT molecular complexity index is 1020. The average Bonchev–Trinajstić information content (AvgIpc) is 3.00. The first-order valence-corrected chi connectivity index (χ1v) is 8.63. The number of aryl methyl sites for hydroxylation is 1. The van der Waals surface area contributed by atoms with E-state index in [1.165, 1.54) is 6.07 Å². The van der Waals surface area contributed by atoms with Crippen molar-refractivity contribution in [1.82, 2.24) is 9.78 Å². The Morgan fingerprint density at radius 2 is 1.89 bits per heavy atom. The molecule has 27 heavy (non-hydrogen) atoms. The van der Waals surface area contributed by atoms with Gasteiger partial charge in [0.05, 0.1) is 34.1 Å². The normalized spacial score (nSPS) is 10.6. The zero-order chi connectivity index (χ0) is 19.6. The summed E-state index contributed by atoms with van der Waals surface area (Å²) in [4.78, 5) is 22.6. The summed E-state index contributed by atoms with van der Waals surface area (Å²) < 4.78 is 1.54. The van der Waals surface area contributed by atoms with Gasteiger partial charge in [-0.2, -0.15) is 4.68 Å². The molecule has 7 nitrogen and oxygen atoms in total. The first-order chi connectivity index (χ1) is 12.8. The Balaban J connectivity index is 1.72. The van der Waals surface area contributed by atoms with E-state index in [1.807, 2.05) is 0 Å². The number of benzene rings is 2. The summed E-state index contributed by atoms with van der Waals surface area (Å²) in [6.07, 6.45) is 0. The van der Waals surface area contributed by atoms with Gasteiger partial charge in [0.2, 0.25) is 0 Å². The predicted octanol–water partition coefficient (Wildman–Crippen LogP) is 4.71. The number of carbonyl (C=O) groups excluding carboxylic acids is 1. The molecule has 0 atom stereocenters. The standard InChI is InChI=1S/C18H14Cl2N4O3/c1-11-8-17(24(26)27)22-23(11)10-12-2-4-13(5-3-12)18(25)21-16-9-14(19)6-7-15(16)20/h2-9H,10H2,1H3,(H,21,25). The van der Waals surface area contributed by atoms with E-state index in [1.54, 1.807) is 54.1 Å². The number of nitrogens with zero attached hydrogens (tertiary/aromatic N) is 3.